The Morgan fingerprint density at radius 3 is 1.98 bits per heavy atom. The van der Waals surface area contributed by atoms with E-state index in [1.807, 2.05) is 61.5 Å². The van der Waals surface area contributed by atoms with Crippen LogP contribution in [0.3, 0.4) is 0 Å². The quantitative estimate of drug-likeness (QED) is 0.115. The first-order valence-electron chi connectivity index (χ1n) is 21.6. The molecule has 338 valence electrons. The molecule has 0 aliphatic carbocycles. The number of aliphatic imine (C=N–C) groups is 2. The van der Waals surface area contributed by atoms with Crippen molar-refractivity contribution in [1.82, 2.24) is 15.1 Å². The Balaban J connectivity index is 0.869. The lowest BCUT2D eigenvalue weighted by atomic mass is 9.94. The van der Waals surface area contributed by atoms with Crippen molar-refractivity contribution in [3.63, 3.8) is 0 Å². The van der Waals surface area contributed by atoms with Gasteiger partial charge in [-0.2, -0.15) is 0 Å². The number of benzene rings is 4. The largest absolute Gasteiger partial charge is 0.497 e. The van der Waals surface area contributed by atoms with Crippen molar-refractivity contribution in [1.29, 1.82) is 0 Å². The van der Waals surface area contributed by atoms with Crippen molar-refractivity contribution in [3.8, 4) is 28.7 Å². The Bertz CT molecular complexity index is 2610. The SMILES string of the molecule is COc1ccc2c(c1)CN1C(=O)c3cc(OC)c(OCCCOc4cc5c(cc4OC)C(=O)N4C=C(c6ccc(NC(=O)[C@H](C)NC(=O)C(N)C(C)C)cc6)C[C@H]4C=N5)cc3N=C[C@@H]1C2. The number of carbonyl (C=O) groups excluding carboxylic acids is 4. The van der Waals surface area contributed by atoms with Gasteiger partial charge in [0, 0.05) is 55.8 Å². The van der Waals surface area contributed by atoms with Crippen LogP contribution >= 0.6 is 0 Å². The van der Waals surface area contributed by atoms with E-state index in [0.717, 1.165) is 28.0 Å². The molecule has 0 spiro atoms. The Morgan fingerprint density at radius 2 is 1.37 bits per heavy atom. The van der Waals surface area contributed by atoms with E-state index in [9.17, 15) is 19.2 Å². The monoisotopic (exact) mass is 883 g/mol. The van der Waals surface area contributed by atoms with Crippen LogP contribution in [-0.4, -0.2) is 105 Å². The summed E-state index contributed by atoms with van der Waals surface area (Å²) in [4.78, 5) is 65.9. The van der Waals surface area contributed by atoms with Gasteiger partial charge in [-0.3, -0.25) is 29.2 Å². The fraction of sp³-hybridized carbons (Fsp3) is 0.347. The van der Waals surface area contributed by atoms with Crippen molar-refractivity contribution in [3.05, 3.63) is 101 Å². The number of nitrogens with zero attached hydrogens (tertiary/aromatic N) is 4. The molecule has 4 aromatic carbocycles. The van der Waals surface area contributed by atoms with E-state index in [-0.39, 0.29) is 54.8 Å². The number of methoxy groups -OCH3 is 3. The van der Waals surface area contributed by atoms with Crippen LogP contribution in [0.1, 0.15) is 71.0 Å². The van der Waals surface area contributed by atoms with Gasteiger partial charge >= 0.3 is 0 Å². The molecule has 65 heavy (non-hydrogen) atoms. The maximum Gasteiger partial charge on any atom is 0.260 e. The first kappa shape index (κ1) is 44.4. The highest BCUT2D eigenvalue weighted by molar-refractivity contribution is 6.06. The number of fused-ring (bicyclic) bond motifs is 5. The summed E-state index contributed by atoms with van der Waals surface area (Å²) in [7, 11) is 4.68. The van der Waals surface area contributed by atoms with Crippen molar-refractivity contribution >= 4 is 58.7 Å². The second-order valence-corrected chi connectivity index (χ2v) is 16.7. The zero-order valence-electron chi connectivity index (χ0n) is 37.3. The van der Waals surface area contributed by atoms with Gasteiger partial charge in [-0.05, 0) is 77.9 Å². The summed E-state index contributed by atoms with van der Waals surface area (Å²) in [6, 6.07) is 18.1. The van der Waals surface area contributed by atoms with Gasteiger partial charge in [-0.1, -0.05) is 32.0 Å². The molecule has 0 aromatic heterocycles. The second-order valence-electron chi connectivity index (χ2n) is 16.7. The summed E-state index contributed by atoms with van der Waals surface area (Å²) in [6.45, 7) is 6.28. The molecule has 4 N–H and O–H groups in total. The third-order valence-corrected chi connectivity index (χ3v) is 12.1. The third-order valence-electron chi connectivity index (χ3n) is 12.1. The minimum atomic E-state index is -0.776. The normalized spacial score (nSPS) is 17.9. The molecule has 0 saturated carbocycles. The zero-order valence-corrected chi connectivity index (χ0v) is 37.3. The molecule has 0 fully saturated rings. The van der Waals surface area contributed by atoms with Gasteiger partial charge in [0.05, 0.1) is 75.2 Å². The van der Waals surface area contributed by atoms with Gasteiger partial charge in [0.2, 0.25) is 11.8 Å². The predicted octanol–water partition coefficient (Wildman–Crippen LogP) is 6.24. The Kier molecular flexibility index (Phi) is 12.9. The van der Waals surface area contributed by atoms with Crippen LogP contribution in [0.15, 0.2) is 82.9 Å². The lowest BCUT2D eigenvalue weighted by molar-refractivity contribution is -0.127. The van der Waals surface area contributed by atoms with Crippen LogP contribution in [-0.2, 0) is 22.6 Å². The number of anilines is 1. The molecule has 16 nitrogen and oxygen atoms in total. The number of hydrogen-bond donors (Lipinski definition) is 3. The minimum absolute atomic E-state index is 0.0592. The molecule has 4 aliphatic rings. The summed E-state index contributed by atoms with van der Waals surface area (Å²) in [6.07, 6.45) is 7.11. The van der Waals surface area contributed by atoms with Crippen molar-refractivity contribution in [2.45, 2.75) is 70.7 Å². The van der Waals surface area contributed by atoms with Gasteiger partial charge in [-0.15, -0.1) is 0 Å². The van der Waals surface area contributed by atoms with E-state index in [1.54, 1.807) is 61.5 Å². The average Bonchev–Trinajstić information content (AvgIpc) is 3.64. The van der Waals surface area contributed by atoms with Crippen molar-refractivity contribution in [2.24, 2.45) is 21.6 Å². The van der Waals surface area contributed by atoms with Crippen LogP contribution in [0.5, 0.6) is 28.7 Å². The van der Waals surface area contributed by atoms with E-state index in [1.165, 1.54) is 14.2 Å². The summed E-state index contributed by atoms with van der Waals surface area (Å²) in [5, 5.41) is 5.49. The summed E-state index contributed by atoms with van der Waals surface area (Å²) in [5.41, 5.74) is 12.3. The van der Waals surface area contributed by atoms with Crippen LogP contribution in [0.25, 0.3) is 5.57 Å². The smallest absolute Gasteiger partial charge is 0.260 e. The summed E-state index contributed by atoms with van der Waals surface area (Å²) in [5.74, 6) is 1.28. The van der Waals surface area contributed by atoms with Crippen LogP contribution in [0.4, 0.5) is 17.1 Å². The van der Waals surface area contributed by atoms with Gasteiger partial charge < -0.3 is 49.9 Å². The Labute approximate surface area is 377 Å². The third kappa shape index (κ3) is 9.25. The summed E-state index contributed by atoms with van der Waals surface area (Å²) >= 11 is 0. The first-order chi connectivity index (χ1) is 31.3. The topological polar surface area (TPSA) is 196 Å². The molecule has 0 bridgehead atoms. The Morgan fingerprint density at radius 1 is 0.738 bits per heavy atom. The molecule has 0 saturated heterocycles. The van der Waals surface area contributed by atoms with Crippen molar-refractivity contribution < 1.29 is 42.9 Å². The highest BCUT2D eigenvalue weighted by atomic mass is 16.5. The van der Waals surface area contributed by atoms with E-state index in [0.29, 0.717) is 77.0 Å². The number of hydrogen-bond acceptors (Lipinski definition) is 12. The van der Waals surface area contributed by atoms with E-state index >= 15 is 0 Å². The summed E-state index contributed by atoms with van der Waals surface area (Å²) < 4.78 is 29.1. The second kappa shape index (κ2) is 18.9. The fourth-order valence-corrected chi connectivity index (χ4v) is 8.18. The van der Waals surface area contributed by atoms with E-state index in [4.69, 9.17) is 39.4 Å². The number of nitrogens with two attached hydrogens (primary N) is 1. The lowest BCUT2D eigenvalue weighted by Crippen LogP contribution is -2.50. The number of amides is 4. The predicted molar refractivity (Wildman–Crippen MR) is 246 cm³/mol. The molecule has 8 rings (SSSR count). The zero-order chi connectivity index (χ0) is 45.9. The molecule has 4 aliphatic heterocycles. The lowest BCUT2D eigenvalue weighted by Gasteiger charge is -2.34. The molecule has 16 heteroatoms. The number of carbonyl (C=O) groups is 4. The Hall–Kier alpha value is -7.20. The maximum atomic E-state index is 14.0. The van der Waals surface area contributed by atoms with E-state index < -0.39 is 12.1 Å². The minimum Gasteiger partial charge on any atom is -0.497 e. The molecule has 0 radical (unpaired) electrons. The van der Waals surface area contributed by atoms with Gasteiger partial charge in [0.1, 0.15) is 11.8 Å². The number of ether oxygens (including phenoxy) is 5. The number of nitrogens with one attached hydrogen (secondary N) is 2. The molecule has 4 heterocycles. The van der Waals surface area contributed by atoms with Crippen molar-refractivity contribution in [2.75, 3.05) is 39.9 Å². The van der Waals surface area contributed by atoms with Gasteiger partial charge in [-0.25, -0.2) is 0 Å². The van der Waals surface area contributed by atoms with Crippen LogP contribution in [0, 0.1) is 5.92 Å². The van der Waals surface area contributed by atoms with Gasteiger partial charge in [0.15, 0.2) is 23.0 Å². The standard InChI is InChI=1S/C49H53N7O9/c1-27(2)45(50)47(58)53-28(3)46(57)54-33-11-8-29(9-12-33)31-17-35-24-52-40-22-44(41(62-5)19-37(40)48(59)55(35)25-31)65-15-7-14-64-43-21-39-38(20-42(43)63-6)49(60)56-26-32-18-36(61-4)13-10-30(32)16-34(56)23-51-39/h8-13,18-25,27-28,34-35,45H,7,14-17,26,50H2,1-6H3,(H,53,58)(H,54,57)/t28-,34-,35-,45?/m0/s1. The molecule has 4 amide bonds. The molecular formula is C49H53N7O9. The molecule has 1 unspecified atom stereocenters. The number of rotatable bonds is 15. The molecule has 4 atom stereocenters. The van der Waals surface area contributed by atoms with E-state index in [2.05, 4.69) is 10.6 Å². The molecule has 4 aromatic rings. The molecular weight excluding hydrogens is 831 g/mol. The maximum absolute atomic E-state index is 14.0. The fourth-order valence-electron chi connectivity index (χ4n) is 8.18. The first-order valence-corrected chi connectivity index (χ1v) is 21.6. The van der Waals surface area contributed by atoms with Crippen LogP contribution < -0.4 is 40.1 Å². The van der Waals surface area contributed by atoms with Gasteiger partial charge in [0.25, 0.3) is 11.8 Å². The highest BCUT2D eigenvalue weighted by Crippen LogP contribution is 2.41. The highest BCUT2D eigenvalue weighted by Gasteiger charge is 2.35. The van der Waals surface area contributed by atoms with Crippen LogP contribution in [0.2, 0.25) is 0 Å². The average molecular weight is 884 g/mol.